The van der Waals surface area contributed by atoms with Crippen LogP contribution in [0.3, 0.4) is 0 Å². The van der Waals surface area contributed by atoms with E-state index in [1.807, 2.05) is 32.2 Å². The van der Waals surface area contributed by atoms with E-state index in [0.29, 0.717) is 46.4 Å². The minimum atomic E-state index is -0.323. The van der Waals surface area contributed by atoms with Crippen LogP contribution in [0.2, 0.25) is 0 Å². The summed E-state index contributed by atoms with van der Waals surface area (Å²) in [5.74, 6) is 0.0296. The van der Waals surface area contributed by atoms with Gasteiger partial charge in [0.2, 0.25) is 11.8 Å². The fourth-order valence-corrected chi connectivity index (χ4v) is 5.62. The average Bonchev–Trinajstić information content (AvgIpc) is 3.46. The molecule has 4 aromatic rings. The van der Waals surface area contributed by atoms with Gasteiger partial charge in [-0.05, 0) is 39.0 Å². The molecule has 5 rings (SSSR count). The van der Waals surface area contributed by atoms with Crippen LogP contribution in [0.25, 0.3) is 15.3 Å². The monoisotopic (exact) mass is 535 g/mol. The Morgan fingerprint density at radius 1 is 1.18 bits per heavy atom. The molecular formula is C26H29N7O4S. The molecule has 1 aliphatic heterocycles. The van der Waals surface area contributed by atoms with E-state index in [1.165, 1.54) is 17.5 Å². The molecule has 38 heavy (non-hydrogen) atoms. The third-order valence-corrected chi connectivity index (χ3v) is 7.30. The Morgan fingerprint density at radius 2 is 1.97 bits per heavy atom. The largest absolute Gasteiger partial charge is 0.481 e. The van der Waals surface area contributed by atoms with Gasteiger partial charge in [0, 0.05) is 25.5 Å². The summed E-state index contributed by atoms with van der Waals surface area (Å²) >= 11 is 1.42. The first-order valence-corrected chi connectivity index (χ1v) is 13.0. The van der Waals surface area contributed by atoms with Crippen LogP contribution in [0.15, 0.2) is 43.0 Å². The molecule has 5 heterocycles. The lowest BCUT2D eigenvalue weighted by molar-refractivity contribution is -0.121. The molecule has 2 amide bonds. The van der Waals surface area contributed by atoms with E-state index in [-0.39, 0.29) is 30.6 Å². The molecule has 0 aromatic carbocycles. The SMILES string of the molecule is COc1ncccc1-c1cn2ncc(C(=O)Nc3cc(NC(=O)CN4CC(C)O[C@@H](C)C4)cnc3C)c2s1. The Bertz CT molecular complexity index is 1470. The standard InChI is InChI=1S/C26H29N7O4S/c1-15-11-32(12-16(2)37-15)14-23(34)30-18-8-21(17(3)28-9-18)31-24(35)20-10-29-33-13-22(38-26(20)33)19-6-5-7-27-25(19)36-4/h5-10,13,15-16H,11-12,14H2,1-4H3,(H,30,34)(H,31,35)/t15-,16?/m0/s1. The number of methoxy groups -OCH3 is 1. The second kappa shape index (κ2) is 10.9. The lowest BCUT2D eigenvalue weighted by atomic mass is 10.2. The van der Waals surface area contributed by atoms with Gasteiger partial charge < -0.3 is 20.1 Å². The summed E-state index contributed by atoms with van der Waals surface area (Å²) in [4.78, 5) is 38.2. The van der Waals surface area contributed by atoms with Crippen LogP contribution in [-0.4, -0.2) is 75.2 Å². The second-order valence-electron chi connectivity index (χ2n) is 9.27. The molecule has 0 radical (unpaired) electrons. The van der Waals surface area contributed by atoms with Gasteiger partial charge in [-0.25, -0.2) is 9.50 Å². The molecule has 0 spiro atoms. The highest BCUT2D eigenvalue weighted by molar-refractivity contribution is 7.21. The maximum Gasteiger partial charge on any atom is 0.260 e. The minimum absolute atomic E-state index is 0.0792. The zero-order chi connectivity index (χ0) is 26.8. The minimum Gasteiger partial charge on any atom is -0.481 e. The molecular weight excluding hydrogens is 506 g/mol. The number of anilines is 2. The summed E-state index contributed by atoms with van der Waals surface area (Å²) in [6.07, 6.45) is 6.78. The molecule has 1 aliphatic rings. The Kier molecular flexibility index (Phi) is 7.36. The number of nitrogens with zero attached hydrogens (tertiary/aromatic N) is 5. The normalized spacial score (nSPS) is 17.9. The first-order chi connectivity index (χ1) is 18.3. The molecule has 12 heteroatoms. The Hall–Kier alpha value is -3.87. The molecule has 2 N–H and O–H groups in total. The van der Waals surface area contributed by atoms with Crippen molar-refractivity contribution in [3.05, 3.63) is 54.2 Å². The van der Waals surface area contributed by atoms with Crippen molar-refractivity contribution in [2.75, 3.05) is 37.4 Å². The van der Waals surface area contributed by atoms with Crippen molar-refractivity contribution in [2.45, 2.75) is 33.0 Å². The van der Waals surface area contributed by atoms with Crippen molar-refractivity contribution in [1.29, 1.82) is 0 Å². The molecule has 0 bridgehead atoms. The van der Waals surface area contributed by atoms with Gasteiger partial charge in [0.1, 0.15) is 4.83 Å². The van der Waals surface area contributed by atoms with Crippen LogP contribution in [0.4, 0.5) is 11.4 Å². The van der Waals surface area contributed by atoms with Gasteiger partial charge in [-0.15, -0.1) is 11.3 Å². The fourth-order valence-electron chi connectivity index (χ4n) is 4.54. The van der Waals surface area contributed by atoms with Gasteiger partial charge in [-0.3, -0.25) is 19.5 Å². The van der Waals surface area contributed by atoms with Crippen molar-refractivity contribution in [1.82, 2.24) is 24.5 Å². The Balaban J connectivity index is 1.30. The van der Waals surface area contributed by atoms with E-state index >= 15 is 0 Å². The van der Waals surface area contributed by atoms with Gasteiger partial charge >= 0.3 is 0 Å². The van der Waals surface area contributed by atoms with Gasteiger partial charge in [0.15, 0.2) is 0 Å². The van der Waals surface area contributed by atoms with Crippen LogP contribution in [0.1, 0.15) is 29.9 Å². The van der Waals surface area contributed by atoms with Crippen molar-refractivity contribution < 1.29 is 19.1 Å². The summed E-state index contributed by atoms with van der Waals surface area (Å²) in [5, 5.41) is 10.2. The highest BCUT2D eigenvalue weighted by Crippen LogP contribution is 2.35. The molecule has 0 saturated carbocycles. The topological polar surface area (TPSA) is 123 Å². The number of aryl methyl sites for hydroxylation is 1. The van der Waals surface area contributed by atoms with Crippen molar-refractivity contribution in [3.8, 4) is 16.3 Å². The highest BCUT2D eigenvalue weighted by Gasteiger charge is 2.24. The van der Waals surface area contributed by atoms with Gasteiger partial charge in [0.05, 0.1) is 71.3 Å². The summed E-state index contributed by atoms with van der Waals surface area (Å²) < 4.78 is 12.8. The van der Waals surface area contributed by atoms with E-state index in [4.69, 9.17) is 9.47 Å². The Labute approximate surface area is 223 Å². The lowest BCUT2D eigenvalue weighted by Crippen LogP contribution is -2.48. The summed E-state index contributed by atoms with van der Waals surface area (Å²) in [5.41, 5.74) is 2.89. The van der Waals surface area contributed by atoms with E-state index in [9.17, 15) is 9.59 Å². The number of hydrogen-bond donors (Lipinski definition) is 2. The fraction of sp³-hybridized carbons (Fsp3) is 0.346. The number of amides is 2. The maximum atomic E-state index is 13.2. The number of carbonyl (C=O) groups excluding carboxylic acids is 2. The summed E-state index contributed by atoms with van der Waals surface area (Å²) in [6.45, 7) is 7.45. The quantitative estimate of drug-likeness (QED) is 0.369. The highest BCUT2D eigenvalue weighted by atomic mass is 32.1. The Morgan fingerprint density at radius 3 is 2.74 bits per heavy atom. The van der Waals surface area contributed by atoms with Gasteiger partial charge in [-0.2, -0.15) is 5.10 Å². The van der Waals surface area contributed by atoms with Gasteiger partial charge in [-0.1, -0.05) is 0 Å². The maximum absolute atomic E-state index is 13.2. The first kappa shape index (κ1) is 25.8. The van der Waals surface area contributed by atoms with Gasteiger partial charge in [0.25, 0.3) is 5.91 Å². The van der Waals surface area contributed by atoms with E-state index in [2.05, 4.69) is 30.6 Å². The van der Waals surface area contributed by atoms with Crippen LogP contribution < -0.4 is 15.4 Å². The smallest absolute Gasteiger partial charge is 0.260 e. The van der Waals surface area contributed by atoms with Crippen molar-refractivity contribution in [2.24, 2.45) is 0 Å². The molecule has 1 saturated heterocycles. The van der Waals surface area contributed by atoms with E-state index < -0.39 is 0 Å². The molecule has 4 aromatic heterocycles. The number of morpholine rings is 1. The summed E-state index contributed by atoms with van der Waals surface area (Å²) in [7, 11) is 1.57. The molecule has 0 aliphatic carbocycles. The average molecular weight is 536 g/mol. The number of aromatic nitrogens is 4. The van der Waals surface area contributed by atoms with Crippen molar-refractivity contribution >= 4 is 39.4 Å². The van der Waals surface area contributed by atoms with E-state index in [1.54, 1.807) is 37.0 Å². The summed E-state index contributed by atoms with van der Waals surface area (Å²) in [6, 6.07) is 5.45. The third kappa shape index (κ3) is 5.52. The predicted molar refractivity (Wildman–Crippen MR) is 145 cm³/mol. The first-order valence-electron chi connectivity index (χ1n) is 12.2. The number of thiazole rings is 1. The van der Waals surface area contributed by atoms with E-state index in [0.717, 1.165) is 10.4 Å². The molecule has 11 nitrogen and oxygen atoms in total. The number of ether oxygens (including phenoxy) is 2. The van der Waals surface area contributed by atoms with Crippen LogP contribution in [-0.2, 0) is 9.53 Å². The molecule has 1 fully saturated rings. The van der Waals surface area contributed by atoms with Crippen LogP contribution in [0.5, 0.6) is 5.88 Å². The van der Waals surface area contributed by atoms with Crippen LogP contribution >= 0.6 is 11.3 Å². The zero-order valence-corrected chi connectivity index (χ0v) is 22.4. The molecule has 198 valence electrons. The lowest BCUT2D eigenvalue weighted by Gasteiger charge is -2.34. The number of rotatable bonds is 7. The number of fused-ring (bicyclic) bond motifs is 1. The number of nitrogens with one attached hydrogen (secondary N) is 2. The number of hydrogen-bond acceptors (Lipinski definition) is 9. The number of pyridine rings is 2. The number of carbonyl (C=O) groups is 2. The zero-order valence-electron chi connectivity index (χ0n) is 21.6. The van der Waals surface area contributed by atoms with Crippen LogP contribution in [0, 0.1) is 6.92 Å². The second-order valence-corrected chi connectivity index (χ2v) is 10.3. The molecule has 2 atom stereocenters. The third-order valence-electron chi connectivity index (χ3n) is 6.15. The van der Waals surface area contributed by atoms with Crippen molar-refractivity contribution in [3.63, 3.8) is 0 Å². The predicted octanol–water partition coefficient (Wildman–Crippen LogP) is 3.47. The molecule has 1 unspecified atom stereocenters.